The van der Waals surface area contributed by atoms with Gasteiger partial charge in [-0.3, -0.25) is 0 Å². The van der Waals surface area contributed by atoms with Crippen LogP contribution in [0.2, 0.25) is 0 Å². The molecule has 0 aromatic heterocycles. The molecule has 0 bridgehead atoms. The second-order valence-electron chi connectivity index (χ2n) is 4.42. The molecule has 2 aromatic carbocycles. The van der Waals surface area contributed by atoms with Gasteiger partial charge in [-0.15, -0.1) is 0 Å². The topological polar surface area (TPSA) is 20.2 Å². The number of benzene rings is 2. The molecule has 0 aliphatic heterocycles. The third kappa shape index (κ3) is 5.72. The zero-order chi connectivity index (χ0) is 17.7. The molecule has 2 aromatic rings. The summed E-state index contributed by atoms with van der Waals surface area (Å²) in [4.78, 5) is 0. The molecule has 122 valence electrons. The van der Waals surface area contributed by atoms with Crippen LogP contribution >= 0.6 is 0 Å². The van der Waals surface area contributed by atoms with Crippen LogP contribution in [-0.2, 0) is 0 Å². The minimum absolute atomic E-state index is 1.00. The maximum Gasteiger partial charge on any atom is 0.0319 e. The number of aliphatic hydroxyl groups excluding tert-OH is 1. The van der Waals surface area contributed by atoms with Gasteiger partial charge in [0.05, 0.1) is 0 Å². The molecule has 0 unspecified atom stereocenters. The lowest BCUT2D eigenvalue weighted by molar-refractivity contribution is 0.399. The van der Waals surface area contributed by atoms with Crippen molar-refractivity contribution in [2.45, 2.75) is 20.8 Å². The van der Waals surface area contributed by atoms with Crippen molar-refractivity contribution < 1.29 is 5.11 Å². The Morgan fingerprint density at radius 2 is 1.30 bits per heavy atom. The molecule has 1 heteroatoms. The highest BCUT2D eigenvalue weighted by atomic mass is 16.2. The van der Waals surface area contributed by atoms with E-state index in [4.69, 9.17) is 5.11 Å². The summed E-state index contributed by atoms with van der Waals surface area (Å²) in [6, 6.07) is 18.8. The third-order valence-electron chi connectivity index (χ3n) is 3.21. The Labute approximate surface area is 141 Å². The lowest BCUT2D eigenvalue weighted by atomic mass is 9.90. The van der Waals surface area contributed by atoms with Gasteiger partial charge in [-0.2, -0.15) is 0 Å². The summed E-state index contributed by atoms with van der Waals surface area (Å²) in [5, 5.41) is 7.00. The van der Waals surface area contributed by atoms with Crippen molar-refractivity contribution in [2.75, 3.05) is 7.11 Å². The maximum atomic E-state index is 7.00. The van der Waals surface area contributed by atoms with Crippen LogP contribution in [0.1, 0.15) is 30.5 Å². The van der Waals surface area contributed by atoms with E-state index in [1.165, 1.54) is 22.3 Å². The van der Waals surface area contributed by atoms with Crippen molar-refractivity contribution in [2.24, 2.45) is 0 Å². The van der Waals surface area contributed by atoms with E-state index in [0.29, 0.717) is 0 Å². The van der Waals surface area contributed by atoms with Gasteiger partial charge >= 0.3 is 0 Å². The number of allylic oxidation sites excluding steroid dienone is 3. The van der Waals surface area contributed by atoms with Gasteiger partial charge in [0.1, 0.15) is 0 Å². The van der Waals surface area contributed by atoms with Crippen LogP contribution in [0.3, 0.4) is 0 Å². The third-order valence-corrected chi connectivity index (χ3v) is 3.21. The fourth-order valence-corrected chi connectivity index (χ4v) is 2.22. The minimum atomic E-state index is 1.00. The predicted octanol–water partition coefficient (Wildman–Crippen LogP) is 5.80. The fraction of sp³-hybridized carbons (Fsp3) is 0.182. The lowest BCUT2D eigenvalue weighted by Gasteiger charge is -2.14. The van der Waals surface area contributed by atoms with Crippen LogP contribution in [0.25, 0.3) is 5.57 Å². The highest BCUT2D eigenvalue weighted by Gasteiger charge is 2.10. The first kappa shape index (κ1) is 20.6. The molecule has 0 amide bonds. The Morgan fingerprint density at radius 1 is 0.826 bits per heavy atom. The summed E-state index contributed by atoms with van der Waals surface area (Å²) in [7, 11) is 1.00. The maximum absolute atomic E-state index is 7.00. The second kappa shape index (κ2) is 12.2. The quantitative estimate of drug-likeness (QED) is 0.707. The molecule has 0 saturated carbocycles. The molecule has 0 aliphatic rings. The summed E-state index contributed by atoms with van der Waals surface area (Å²) in [6.07, 6.45) is 3.73. The van der Waals surface area contributed by atoms with Gasteiger partial charge < -0.3 is 5.11 Å². The van der Waals surface area contributed by atoms with Crippen molar-refractivity contribution in [3.8, 4) is 0 Å². The monoisotopic (exact) mass is 308 g/mol. The van der Waals surface area contributed by atoms with Gasteiger partial charge in [-0.1, -0.05) is 93.8 Å². The lowest BCUT2D eigenvalue weighted by Crippen LogP contribution is -1.94. The fourth-order valence-electron chi connectivity index (χ4n) is 2.22. The van der Waals surface area contributed by atoms with Crippen LogP contribution in [0.4, 0.5) is 0 Å². The molecule has 0 fully saturated rings. The molecule has 0 atom stereocenters. The first-order chi connectivity index (χ1) is 11.3. The van der Waals surface area contributed by atoms with Crippen molar-refractivity contribution in [3.63, 3.8) is 0 Å². The summed E-state index contributed by atoms with van der Waals surface area (Å²) in [6.45, 7) is 13.9. The van der Waals surface area contributed by atoms with E-state index in [1.807, 2.05) is 32.1 Å². The first-order valence-corrected chi connectivity index (χ1v) is 7.83. The van der Waals surface area contributed by atoms with Crippen molar-refractivity contribution in [1.29, 1.82) is 0 Å². The van der Waals surface area contributed by atoms with Gasteiger partial charge in [0.15, 0.2) is 0 Å². The number of aliphatic hydroxyl groups is 1. The summed E-state index contributed by atoms with van der Waals surface area (Å²) in [5.74, 6) is 0. The van der Waals surface area contributed by atoms with Gasteiger partial charge in [0, 0.05) is 7.11 Å². The second-order valence-corrected chi connectivity index (χ2v) is 4.42. The number of hydrogen-bond donors (Lipinski definition) is 1. The van der Waals surface area contributed by atoms with E-state index < -0.39 is 0 Å². The van der Waals surface area contributed by atoms with Crippen LogP contribution in [0.15, 0.2) is 85.5 Å². The van der Waals surface area contributed by atoms with E-state index in [1.54, 1.807) is 0 Å². The molecule has 0 radical (unpaired) electrons. The Bertz CT molecular complexity index is 611. The zero-order valence-electron chi connectivity index (χ0n) is 14.7. The van der Waals surface area contributed by atoms with E-state index in [0.717, 1.165) is 12.7 Å². The van der Waals surface area contributed by atoms with Crippen molar-refractivity contribution >= 4 is 5.57 Å². The largest absolute Gasteiger partial charge is 0.400 e. The van der Waals surface area contributed by atoms with Gasteiger partial charge in [0.2, 0.25) is 0 Å². The Balaban J connectivity index is 0.00000112. The summed E-state index contributed by atoms with van der Waals surface area (Å²) in [5.41, 5.74) is 5.90. The molecule has 1 N–H and O–H groups in total. The summed E-state index contributed by atoms with van der Waals surface area (Å²) >= 11 is 0. The average Bonchev–Trinajstić information content (AvgIpc) is 2.64. The summed E-state index contributed by atoms with van der Waals surface area (Å²) < 4.78 is 0. The SMILES string of the molecule is C=CC(C=C)=C(c1ccccc1)c1ccccc1C.CC.CO. The van der Waals surface area contributed by atoms with Crippen LogP contribution in [0, 0.1) is 6.92 Å². The number of hydrogen-bond acceptors (Lipinski definition) is 1. The minimum Gasteiger partial charge on any atom is -0.400 e. The van der Waals surface area contributed by atoms with Crippen LogP contribution in [-0.4, -0.2) is 12.2 Å². The van der Waals surface area contributed by atoms with E-state index >= 15 is 0 Å². The van der Waals surface area contributed by atoms with Gasteiger partial charge in [0.25, 0.3) is 0 Å². The Hall–Kier alpha value is -2.38. The van der Waals surface area contributed by atoms with Gasteiger partial charge in [-0.05, 0) is 34.8 Å². The van der Waals surface area contributed by atoms with E-state index in [2.05, 4.69) is 68.6 Å². The van der Waals surface area contributed by atoms with Crippen LogP contribution < -0.4 is 0 Å². The Morgan fingerprint density at radius 3 is 1.78 bits per heavy atom. The molecule has 0 saturated heterocycles. The molecule has 0 heterocycles. The smallest absolute Gasteiger partial charge is 0.0319 e. The van der Waals surface area contributed by atoms with E-state index in [9.17, 15) is 0 Å². The molecule has 23 heavy (non-hydrogen) atoms. The normalized spacial score (nSPS) is 8.57. The molecule has 0 aliphatic carbocycles. The number of aryl methyl sites for hydroxylation is 1. The standard InChI is InChI=1S/C19H18.C2H6.CH4O/c1-4-16(5-2)19(17-12-7-6-8-13-17)18-14-10-9-11-15(18)3;2*1-2/h4-14H,1-2H2,3H3;1-2H3;2H,1H3. The van der Waals surface area contributed by atoms with E-state index in [-0.39, 0.29) is 0 Å². The van der Waals surface area contributed by atoms with Crippen molar-refractivity contribution in [1.82, 2.24) is 0 Å². The average molecular weight is 308 g/mol. The predicted molar refractivity (Wildman–Crippen MR) is 104 cm³/mol. The first-order valence-electron chi connectivity index (χ1n) is 7.83. The molecule has 2 rings (SSSR count). The van der Waals surface area contributed by atoms with Crippen molar-refractivity contribution in [3.05, 3.63) is 102 Å². The molecular weight excluding hydrogens is 280 g/mol. The molecule has 0 spiro atoms. The van der Waals surface area contributed by atoms with Gasteiger partial charge in [-0.25, -0.2) is 0 Å². The zero-order valence-corrected chi connectivity index (χ0v) is 14.7. The Kier molecular flexibility index (Phi) is 10.9. The highest BCUT2D eigenvalue weighted by molar-refractivity contribution is 5.86. The van der Waals surface area contributed by atoms with Crippen LogP contribution in [0.5, 0.6) is 0 Å². The molecule has 1 nitrogen and oxygen atoms in total. The number of rotatable bonds is 4. The highest BCUT2D eigenvalue weighted by Crippen LogP contribution is 2.30. The molecular formula is C22H28O.